The molecule has 1 atom stereocenters. The first-order chi connectivity index (χ1) is 8.56. The number of halogens is 2. The van der Waals surface area contributed by atoms with Gasteiger partial charge in [-0.05, 0) is 11.6 Å². The largest absolute Gasteiger partial charge is 0.392 e. The Balaban J connectivity index is 2.03. The molecule has 1 heterocycles. The van der Waals surface area contributed by atoms with Gasteiger partial charge in [0.15, 0.2) is 0 Å². The Bertz CT molecular complexity index is 542. The molecular formula is C12H13F2N3O. The van der Waals surface area contributed by atoms with Gasteiger partial charge in [-0.3, -0.25) is 4.68 Å². The van der Waals surface area contributed by atoms with Gasteiger partial charge in [-0.25, -0.2) is 13.8 Å². The van der Waals surface area contributed by atoms with Crippen LogP contribution in [0.4, 0.5) is 8.78 Å². The summed E-state index contributed by atoms with van der Waals surface area (Å²) in [5.74, 6) is -0.656. The van der Waals surface area contributed by atoms with E-state index in [9.17, 15) is 13.9 Å². The lowest BCUT2D eigenvalue weighted by Crippen LogP contribution is -2.17. The van der Waals surface area contributed by atoms with Crippen molar-refractivity contribution in [2.45, 2.75) is 18.9 Å². The third-order valence-electron chi connectivity index (χ3n) is 2.69. The highest BCUT2D eigenvalue weighted by atomic mass is 19.1. The van der Waals surface area contributed by atoms with Crippen molar-refractivity contribution in [3.8, 4) is 0 Å². The van der Waals surface area contributed by atoms with Gasteiger partial charge < -0.3 is 5.11 Å². The Labute approximate surface area is 103 Å². The molecule has 1 N–H and O–H groups in total. The molecule has 4 nitrogen and oxygen atoms in total. The predicted octanol–water partition coefficient (Wildman–Crippen LogP) is 1.24. The fourth-order valence-electron chi connectivity index (χ4n) is 1.73. The summed E-state index contributed by atoms with van der Waals surface area (Å²) in [5, 5.41) is 13.7. The minimum absolute atomic E-state index is 0.110. The number of rotatable bonds is 4. The number of aryl methyl sites for hydroxylation is 1. The highest BCUT2D eigenvalue weighted by molar-refractivity contribution is 5.19. The van der Waals surface area contributed by atoms with Crippen LogP contribution in [0.5, 0.6) is 0 Å². The number of benzene rings is 1. The van der Waals surface area contributed by atoms with Crippen LogP contribution >= 0.6 is 0 Å². The maximum atomic E-state index is 13.4. The summed E-state index contributed by atoms with van der Waals surface area (Å²) in [6, 6.07) is 3.32. The monoisotopic (exact) mass is 253 g/mol. The van der Waals surface area contributed by atoms with E-state index < -0.39 is 17.7 Å². The van der Waals surface area contributed by atoms with Crippen molar-refractivity contribution in [1.29, 1.82) is 0 Å². The molecule has 96 valence electrons. The van der Waals surface area contributed by atoms with Gasteiger partial charge >= 0.3 is 0 Å². The first kappa shape index (κ1) is 12.6. The Hall–Kier alpha value is -1.82. The number of hydrogen-bond donors (Lipinski definition) is 1. The van der Waals surface area contributed by atoms with E-state index in [4.69, 9.17) is 0 Å². The first-order valence-corrected chi connectivity index (χ1v) is 5.51. The molecule has 2 aromatic rings. The number of nitrogens with zero attached hydrogens (tertiary/aromatic N) is 3. The van der Waals surface area contributed by atoms with Crippen LogP contribution < -0.4 is 0 Å². The van der Waals surface area contributed by atoms with Crippen LogP contribution in [-0.4, -0.2) is 26.0 Å². The average Bonchev–Trinajstić information content (AvgIpc) is 2.69. The van der Waals surface area contributed by atoms with Crippen molar-refractivity contribution < 1.29 is 13.9 Å². The summed E-state index contributed by atoms with van der Waals surface area (Å²) in [6.07, 6.45) is 0.986. The van der Waals surface area contributed by atoms with Crippen molar-refractivity contribution in [3.63, 3.8) is 0 Å². The smallest absolute Gasteiger partial charge is 0.138 e. The lowest BCUT2D eigenvalue weighted by molar-refractivity contribution is 0.170. The van der Waals surface area contributed by atoms with Gasteiger partial charge in [0.1, 0.15) is 23.8 Å². The first-order valence-electron chi connectivity index (χ1n) is 5.51. The van der Waals surface area contributed by atoms with Gasteiger partial charge in [-0.2, -0.15) is 5.10 Å². The van der Waals surface area contributed by atoms with Gasteiger partial charge in [-0.1, -0.05) is 6.07 Å². The second-order valence-corrected chi connectivity index (χ2v) is 4.10. The zero-order valence-corrected chi connectivity index (χ0v) is 9.85. The normalized spacial score (nSPS) is 12.7. The second-order valence-electron chi connectivity index (χ2n) is 4.10. The van der Waals surface area contributed by atoms with Crippen LogP contribution in [0.15, 0.2) is 24.5 Å². The molecule has 0 saturated heterocycles. The van der Waals surface area contributed by atoms with Crippen molar-refractivity contribution in [3.05, 3.63) is 47.5 Å². The summed E-state index contributed by atoms with van der Waals surface area (Å²) < 4.78 is 27.6. The number of aliphatic hydroxyl groups is 1. The molecule has 0 aliphatic carbocycles. The van der Waals surface area contributed by atoms with E-state index >= 15 is 0 Å². The lowest BCUT2D eigenvalue weighted by Gasteiger charge is -2.10. The van der Waals surface area contributed by atoms with Crippen LogP contribution in [0.1, 0.15) is 11.4 Å². The van der Waals surface area contributed by atoms with Crippen LogP contribution in [-0.2, 0) is 19.9 Å². The molecule has 0 radical (unpaired) electrons. The Morgan fingerprint density at radius 1 is 1.33 bits per heavy atom. The van der Waals surface area contributed by atoms with E-state index in [-0.39, 0.29) is 18.4 Å². The minimum Gasteiger partial charge on any atom is -0.392 e. The molecule has 0 fully saturated rings. The fraction of sp³-hybridized carbons (Fsp3) is 0.333. The SMILES string of the molecule is Cn1ncnc1CC(O)Cc1ccc(F)cc1F. The van der Waals surface area contributed by atoms with E-state index in [1.165, 1.54) is 18.5 Å². The molecule has 2 rings (SSSR count). The number of aromatic nitrogens is 3. The van der Waals surface area contributed by atoms with Crippen molar-refractivity contribution >= 4 is 0 Å². The Kier molecular flexibility index (Phi) is 3.66. The Morgan fingerprint density at radius 2 is 2.11 bits per heavy atom. The molecule has 0 aliphatic rings. The minimum atomic E-state index is -0.784. The van der Waals surface area contributed by atoms with E-state index in [2.05, 4.69) is 10.1 Å². The maximum absolute atomic E-state index is 13.4. The van der Waals surface area contributed by atoms with Crippen LogP contribution in [0.3, 0.4) is 0 Å². The second kappa shape index (κ2) is 5.22. The quantitative estimate of drug-likeness (QED) is 0.892. The highest BCUT2D eigenvalue weighted by Crippen LogP contribution is 2.13. The van der Waals surface area contributed by atoms with E-state index in [0.29, 0.717) is 5.82 Å². The molecule has 1 aromatic carbocycles. The van der Waals surface area contributed by atoms with E-state index in [0.717, 1.165) is 6.07 Å². The summed E-state index contributed by atoms with van der Waals surface area (Å²) >= 11 is 0. The maximum Gasteiger partial charge on any atom is 0.138 e. The predicted molar refractivity (Wildman–Crippen MR) is 60.8 cm³/mol. The molecule has 0 bridgehead atoms. The number of aliphatic hydroxyl groups excluding tert-OH is 1. The lowest BCUT2D eigenvalue weighted by atomic mass is 10.0. The zero-order valence-electron chi connectivity index (χ0n) is 9.85. The molecule has 1 unspecified atom stereocenters. The fourth-order valence-corrected chi connectivity index (χ4v) is 1.73. The molecule has 0 aliphatic heterocycles. The van der Waals surface area contributed by atoms with Crippen molar-refractivity contribution in [1.82, 2.24) is 14.8 Å². The van der Waals surface area contributed by atoms with Gasteiger partial charge in [0.05, 0.1) is 6.10 Å². The van der Waals surface area contributed by atoms with Crippen molar-refractivity contribution in [2.24, 2.45) is 7.05 Å². The topological polar surface area (TPSA) is 50.9 Å². The molecule has 0 saturated carbocycles. The molecule has 18 heavy (non-hydrogen) atoms. The summed E-state index contributed by atoms with van der Waals surface area (Å²) in [4.78, 5) is 3.97. The third kappa shape index (κ3) is 2.89. The molecule has 0 amide bonds. The number of hydrogen-bond acceptors (Lipinski definition) is 3. The summed E-state index contributed by atoms with van der Waals surface area (Å²) in [7, 11) is 1.72. The van der Waals surface area contributed by atoms with Crippen LogP contribution in [0.25, 0.3) is 0 Å². The third-order valence-corrected chi connectivity index (χ3v) is 2.69. The average molecular weight is 253 g/mol. The Morgan fingerprint density at radius 3 is 2.72 bits per heavy atom. The van der Waals surface area contributed by atoms with Crippen molar-refractivity contribution in [2.75, 3.05) is 0 Å². The van der Waals surface area contributed by atoms with Gasteiger partial charge in [0.2, 0.25) is 0 Å². The molecule has 1 aromatic heterocycles. The van der Waals surface area contributed by atoms with Gasteiger partial charge in [-0.15, -0.1) is 0 Å². The van der Waals surface area contributed by atoms with Crippen LogP contribution in [0.2, 0.25) is 0 Å². The van der Waals surface area contributed by atoms with E-state index in [1.54, 1.807) is 11.7 Å². The standard InChI is InChI=1S/C12H13F2N3O/c1-17-12(15-7-16-17)6-10(18)4-8-2-3-9(13)5-11(8)14/h2-3,5,7,10,18H,4,6H2,1H3. The zero-order chi connectivity index (χ0) is 13.1. The summed E-state index contributed by atoms with van der Waals surface area (Å²) in [5.41, 5.74) is 0.283. The van der Waals surface area contributed by atoms with Gasteiger partial charge in [0.25, 0.3) is 0 Å². The van der Waals surface area contributed by atoms with E-state index in [1.807, 2.05) is 0 Å². The van der Waals surface area contributed by atoms with Crippen LogP contribution in [0, 0.1) is 11.6 Å². The molecule has 6 heteroatoms. The highest BCUT2D eigenvalue weighted by Gasteiger charge is 2.13. The summed E-state index contributed by atoms with van der Waals surface area (Å²) in [6.45, 7) is 0. The van der Waals surface area contributed by atoms with Gasteiger partial charge in [0, 0.05) is 26.0 Å². The molecular weight excluding hydrogens is 240 g/mol. The molecule has 0 spiro atoms.